The van der Waals surface area contributed by atoms with Gasteiger partial charge >= 0.3 is 0 Å². The molecule has 0 amide bonds. The Labute approximate surface area is 201 Å². The molecule has 2 aromatic heterocycles. The average Bonchev–Trinajstić information content (AvgIpc) is 3.40. The van der Waals surface area contributed by atoms with Gasteiger partial charge in [0, 0.05) is 19.8 Å². The summed E-state index contributed by atoms with van der Waals surface area (Å²) in [5, 5.41) is 2.72. The lowest BCUT2D eigenvalue weighted by molar-refractivity contribution is 0.557. The van der Waals surface area contributed by atoms with Crippen molar-refractivity contribution < 1.29 is 0 Å². The van der Waals surface area contributed by atoms with E-state index in [0.29, 0.717) is 0 Å². The molecule has 4 rings (SSSR count). The fraction of sp³-hybridized carbons (Fsp3) is 0.400. The van der Waals surface area contributed by atoms with Crippen LogP contribution in [0.3, 0.4) is 0 Å². The van der Waals surface area contributed by atoms with Gasteiger partial charge in [-0.3, -0.25) is 0 Å². The van der Waals surface area contributed by atoms with Crippen molar-refractivity contribution in [1.82, 2.24) is 0 Å². The summed E-state index contributed by atoms with van der Waals surface area (Å²) >= 11 is 3.79. The summed E-state index contributed by atoms with van der Waals surface area (Å²) in [6, 6.07) is 19.6. The van der Waals surface area contributed by atoms with Crippen molar-refractivity contribution in [2.45, 2.75) is 77.6 Å². The lowest BCUT2D eigenvalue weighted by atomic mass is 10.1. The monoisotopic (exact) mass is 458 g/mol. The first kappa shape index (κ1) is 23.1. The molecule has 0 radical (unpaired) electrons. The van der Waals surface area contributed by atoms with Crippen LogP contribution in [0.25, 0.3) is 20.2 Å². The van der Waals surface area contributed by atoms with Crippen LogP contribution < -0.4 is 0 Å². The Morgan fingerprint density at radius 1 is 0.625 bits per heavy atom. The van der Waals surface area contributed by atoms with Gasteiger partial charge in [-0.05, 0) is 60.0 Å². The number of rotatable bonds is 11. The van der Waals surface area contributed by atoms with E-state index in [4.69, 9.17) is 0 Å². The van der Waals surface area contributed by atoms with E-state index in [1.165, 1.54) is 90.8 Å². The zero-order valence-corrected chi connectivity index (χ0v) is 20.9. The van der Waals surface area contributed by atoms with E-state index in [9.17, 15) is 0 Å². The highest BCUT2D eigenvalue weighted by molar-refractivity contribution is 7.21. The SMILES string of the molecule is CCCCCCCCCCCCc1cc2cc3sc(C#Cc4ccccc4)cc3cc2s1. The van der Waals surface area contributed by atoms with Crippen molar-refractivity contribution in [3.05, 3.63) is 69.9 Å². The summed E-state index contributed by atoms with van der Waals surface area (Å²) < 4.78 is 2.76. The zero-order chi connectivity index (χ0) is 22.0. The molecule has 0 spiro atoms. The minimum absolute atomic E-state index is 1.07. The second-order valence-corrected chi connectivity index (χ2v) is 11.1. The Morgan fingerprint density at radius 2 is 1.25 bits per heavy atom. The topological polar surface area (TPSA) is 0 Å². The van der Waals surface area contributed by atoms with E-state index < -0.39 is 0 Å². The van der Waals surface area contributed by atoms with Crippen molar-refractivity contribution in [1.29, 1.82) is 0 Å². The molecule has 0 fully saturated rings. The van der Waals surface area contributed by atoms with E-state index >= 15 is 0 Å². The maximum Gasteiger partial charge on any atom is 0.0784 e. The van der Waals surface area contributed by atoms with E-state index in [1.807, 2.05) is 29.5 Å². The third-order valence-electron chi connectivity index (χ3n) is 6.09. The highest BCUT2D eigenvalue weighted by Gasteiger charge is 2.07. The smallest absolute Gasteiger partial charge is 0.0784 e. The third kappa shape index (κ3) is 6.71. The molecule has 2 heteroatoms. The molecule has 4 aromatic rings. The van der Waals surface area contributed by atoms with Crippen LogP contribution in [-0.4, -0.2) is 0 Å². The summed E-state index contributed by atoms with van der Waals surface area (Å²) in [6.45, 7) is 2.29. The van der Waals surface area contributed by atoms with Crippen LogP contribution in [0.5, 0.6) is 0 Å². The standard InChI is InChI=1S/C30H34S2/c1-2-3-4-5-6-7-8-9-10-14-17-27-20-25-22-30-26(23-29(25)31-27)21-28(32-30)19-18-24-15-12-11-13-16-24/h11-13,15-16,20-23H,2-10,14,17H2,1H3. The largest absolute Gasteiger partial charge is 0.140 e. The summed E-state index contributed by atoms with van der Waals surface area (Å²) in [7, 11) is 0. The van der Waals surface area contributed by atoms with Crippen molar-refractivity contribution in [2.24, 2.45) is 0 Å². The maximum atomic E-state index is 3.34. The predicted octanol–water partition coefficient (Wildman–Crippen LogP) is 9.98. The second kappa shape index (κ2) is 12.2. The number of thiophene rings is 2. The van der Waals surface area contributed by atoms with Gasteiger partial charge in [0.1, 0.15) is 0 Å². The van der Waals surface area contributed by atoms with Crippen molar-refractivity contribution >= 4 is 42.8 Å². The van der Waals surface area contributed by atoms with Gasteiger partial charge in [0.2, 0.25) is 0 Å². The number of fused-ring (bicyclic) bond motifs is 2. The molecule has 0 saturated carbocycles. The number of hydrogen-bond donors (Lipinski definition) is 0. The Balaban J connectivity index is 1.27. The Hall–Kier alpha value is -2.08. The van der Waals surface area contributed by atoms with Crippen LogP contribution >= 0.6 is 22.7 Å². The van der Waals surface area contributed by atoms with Crippen LogP contribution in [0.2, 0.25) is 0 Å². The molecule has 32 heavy (non-hydrogen) atoms. The molecule has 0 unspecified atom stereocenters. The molecule has 0 atom stereocenters. The second-order valence-electron chi connectivity index (χ2n) is 8.80. The van der Waals surface area contributed by atoms with Crippen LogP contribution in [0, 0.1) is 11.8 Å². The summed E-state index contributed by atoms with van der Waals surface area (Å²) in [6.07, 6.45) is 15.3. The molecule has 0 aliphatic carbocycles. The Kier molecular flexibility index (Phi) is 8.83. The summed E-state index contributed by atoms with van der Waals surface area (Å²) in [4.78, 5) is 2.69. The van der Waals surface area contributed by atoms with Crippen molar-refractivity contribution in [3.8, 4) is 11.8 Å². The van der Waals surface area contributed by atoms with Gasteiger partial charge in [-0.25, -0.2) is 0 Å². The van der Waals surface area contributed by atoms with E-state index in [2.05, 4.69) is 55.2 Å². The molecule has 0 saturated heterocycles. The molecule has 166 valence electrons. The van der Waals surface area contributed by atoms with Crippen molar-refractivity contribution in [2.75, 3.05) is 0 Å². The van der Waals surface area contributed by atoms with Crippen molar-refractivity contribution in [3.63, 3.8) is 0 Å². The molecule has 2 aromatic carbocycles. The number of unbranched alkanes of at least 4 members (excludes halogenated alkanes) is 9. The van der Waals surface area contributed by atoms with Crippen LogP contribution in [0.15, 0.2) is 54.6 Å². The minimum Gasteiger partial charge on any atom is -0.140 e. The highest BCUT2D eigenvalue weighted by atomic mass is 32.1. The van der Waals surface area contributed by atoms with Gasteiger partial charge in [0.15, 0.2) is 0 Å². The van der Waals surface area contributed by atoms with E-state index in [0.717, 1.165) is 10.4 Å². The van der Waals surface area contributed by atoms with Gasteiger partial charge in [0.25, 0.3) is 0 Å². The number of hydrogen-bond acceptors (Lipinski definition) is 2. The maximum absolute atomic E-state index is 3.34. The van der Waals surface area contributed by atoms with Gasteiger partial charge in [0.05, 0.1) is 4.88 Å². The Bertz CT molecular complexity index is 1120. The first-order valence-electron chi connectivity index (χ1n) is 12.3. The Morgan fingerprint density at radius 3 is 1.97 bits per heavy atom. The molecule has 0 aliphatic rings. The zero-order valence-electron chi connectivity index (χ0n) is 19.3. The minimum atomic E-state index is 1.07. The van der Waals surface area contributed by atoms with E-state index in [-0.39, 0.29) is 0 Å². The fourth-order valence-electron chi connectivity index (χ4n) is 4.25. The molecule has 0 aliphatic heterocycles. The molecule has 0 nitrogen and oxygen atoms in total. The van der Waals surface area contributed by atoms with Crippen LogP contribution in [0.4, 0.5) is 0 Å². The fourth-order valence-corrected chi connectivity index (χ4v) is 6.34. The predicted molar refractivity (Wildman–Crippen MR) is 145 cm³/mol. The summed E-state index contributed by atoms with van der Waals surface area (Å²) in [5.41, 5.74) is 1.07. The van der Waals surface area contributed by atoms with Crippen LogP contribution in [0.1, 0.15) is 86.4 Å². The van der Waals surface area contributed by atoms with Gasteiger partial charge in [-0.2, -0.15) is 0 Å². The number of benzene rings is 2. The van der Waals surface area contributed by atoms with Crippen LogP contribution in [-0.2, 0) is 6.42 Å². The number of aryl methyl sites for hydroxylation is 1. The first-order valence-corrected chi connectivity index (χ1v) is 14.0. The summed E-state index contributed by atoms with van der Waals surface area (Å²) in [5.74, 6) is 6.62. The molecule has 2 heterocycles. The molecular weight excluding hydrogens is 424 g/mol. The molecule has 0 bridgehead atoms. The normalized spacial score (nSPS) is 11.2. The quantitative estimate of drug-likeness (QED) is 0.155. The molecular formula is C30H34S2. The highest BCUT2D eigenvalue weighted by Crippen LogP contribution is 2.34. The van der Waals surface area contributed by atoms with Gasteiger partial charge < -0.3 is 0 Å². The van der Waals surface area contributed by atoms with E-state index in [1.54, 1.807) is 16.2 Å². The van der Waals surface area contributed by atoms with Gasteiger partial charge in [-0.15, -0.1) is 22.7 Å². The third-order valence-corrected chi connectivity index (χ3v) is 8.26. The average molecular weight is 459 g/mol. The van der Waals surface area contributed by atoms with Gasteiger partial charge in [-0.1, -0.05) is 94.8 Å². The first-order chi connectivity index (χ1) is 15.8. The lowest BCUT2D eigenvalue weighted by Gasteiger charge is -2.01. The lowest BCUT2D eigenvalue weighted by Crippen LogP contribution is -1.84. The molecule has 0 N–H and O–H groups in total.